The Labute approximate surface area is 158 Å². The van der Waals surface area contributed by atoms with Crippen LogP contribution in [0.5, 0.6) is 0 Å². The number of thiophene rings is 1. The monoisotopic (exact) mass is 380 g/mol. The van der Waals surface area contributed by atoms with Gasteiger partial charge >= 0.3 is 0 Å². The summed E-state index contributed by atoms with van der Waals surface area (Å²) in [4.78, 5) is 17.8. The van der Waals surface area contributed by atoms with Gasteiger partial charge in [-0.15, -0.1) is 16.4 Å². The Morgan fingerprint density at radius 3 is 2.89 bits per heavy atom. The molecule has 1 aromatic carbocycles. The second-order valence-corrected chi connectivity index (χ2v) is 6.93. The first-order chi connectivity index (χ1) is 13.1. The van der Waals surface area contributed by atoms with Crippen LogP contribution in [0.2, 0.25) is 0 Å². The summed E-state index contributed by atoms with van der Waals surface area (Å²) in [5.74, 6) is 1.05. The molecule has 27 heavy (non-hydrogen) atoms. The fraction of sp³-hybridized carbons (Fsp3) is 0.167. The molecular formula is C18H16N6O2S. The normalized spacial score (nSPS) is 10.9. The molecule has 1 amide bonds. The number of tetrazole rings is 1. The molecule has 4 rings (SSSR count). The third-order valence-electron chi connectivity index (χ3n) is 4.03. The molecule has 136 valence electrons. The number of oxazole rings is 1. The lowest BCUT2D eigenvalue weighted by Crippen LogP contribution is -2.15. The highest BCUT2D eigenvalue weighted by Crippen LogP contribution is 2.26. The molecule has 0 spiro atoms. The van der Waals surface area contributed by atoms with Gasteiger partial charge in [0.15, 0.2) is 0 Å². The minimum atomic E-state index is -0.154. The van der Waals surface area contributed by atoms with Crippen LogP contribution in [-0.4, -0.2) is 31.1 Å². The largest absolute Gasteiger partial charge is 0.440 e. The van der Waals surface area contributed by atoms with Crippen molar-refractivity contribution >= 4 is 22.9 Å². The summed E-state index contributed by atoms with van der Waals surface area (Å²) in [7, 11) is 0. The molecule has 3 heterocycles. The zero-order valence-corrected chi connectivity index (χ0v) is 15.5. The predicted octanol–water partition coefficient (Wildman–Crippen LogP) is 3.18. The highest BCUT2D eigenvalue weighted by molar-refractivity contribution is 7.13. The number of aromatic nitrogens is 5. The topological polar surface area (TPSA) is 98.7 Å². The van der Waals surface area contributed by atoms with E-state index in [1.54, 1.807) is 16.0 Å². The SMILES string of the molecule is Cc1cc(NC(=O)Cc2nc(-c3cccs3)oc2C)ccc1-n1cnnn1. The highest BCUT2D eigenvalue weighted by Gasteiger charge is 2.15. The fourth-order valence-corrected chi connectivity index (χ4v) is 3.37. The molecule has 3 aromatic heterocycles. The number of benzene rings is 1. The van der Waals surface area contributed by atoms with Gasteiger partial charge < -0.3 is 9.73 Å². The molecule has 0 aliphatic carbocycles. The molecule has 1 N–H and O–H groups in total. The summed E-state index contributed by atoms with van der Waals surface area (Å²) < 4.78 is 7.26. The first-order valence-electron chi connectivity index (χ1n) is 8.24. The summed E-state index contributed by atoms with van der Waals surface area (Å²) in [6.07, 6.45) is 1.67. The molecule has 0 aliphatic rings. The average molecular weight is 380 g/mol. The zero-order chi connectivity index (χ0) is 18.8. The number of rotatable bonds is 5. The molecule has 0 bridgehead atoms. The Morgan fingerprint density at radius 1 is 1.30 bits per heavy atom. The number of nitrogens with one attached hydrogen (secondary N) is 1. The first-order valence-corrected chi connectivity index (χ1v) is 9.12. The molecule has 0 radical (unpaired) electrons. The Balaban J connectivity index is 1.46. The van der Waals surface area contributed by atoms with Gasteiger partial charge in [-0.1, -0.05) is 6.07 Å². The van der Waals surface area contributed by atoms with Crippen molar-refractivity contribution in [1.82, 2.24) is 25.2 Å². The molecule has 0 unspecified atom stereocenters. The van der Waals surface area contributed by atoms with Crippen molar-refractivity contribution in [2.45, 2.75) is 20.3 Å². The predicted molar refractivity (Wildman–Crippen MR) is 101 cm³/mol. The number of nitrogens with zero attached hydrogens (tertiary/aromatic N) is 5. The summed E-state index contributed by atoms with van der Waals surface area (Å²) in [6.45, 7) is 3.75. The standard InChI is InChI=1S/C18H16N6O2S/c1-11-8-13(5-6-15(11)24-10-19-22-23-24)20-17(25)9-14-12(2)26-18(21-14)16-4-3-7-27-16/h3-8,10H,9H2,1-2H3,(H,20,25). The van der Waals surface area contributed by atoms with Crippen molar-refractivity contribution in [2.24, 2.45) is 0 Å². The second kappa shape index (κ2) is 7.12. The maximum atomic E-state index is 12.4. The van der Waals surface area contributed by atoms with E-state index in [1.165, 1.54) is 6.33 Å². The summed E-state index contributed by atoms with van der Waals surface area (Å²) in [5.41, 5.74) is 3.13. The van der Waals surface area contributed by atoms with Gasteiger partial charge in [-0.3, -0.25) is 4.79 Å². The number of hydrogen-bond acceptors (Lipinski definition) is 7. The number of anilines is 1. The van der Waals surface area contributed by atoms with E-state index in [0.717, 1.165) is 16.1 Å². The number of amides is 1. The van der Waals surface area contributed by atoms with Gasteiger partial charge in [0.05, 0.1) is 22.7 Å². The highest BCUT2D eigenvalue weighted by atomic mass is 32.1. The molecule has 0 saturated heterocycles. The second-order valence-electron chi connectivity index (χ2n) is 5.98. The maximum absolute atomic E-state index is 12.4. The van der Waals surface area contributed by atoms with E-state index in [9.17, 15) is 4.79 Å². The Kier molecular flexibility index (Phi) is 4.51. The van der Waals surface area contributed by atoms with Gasteiger partial charge in [-0.25, -0.2) is 9.67 Å². The van der Waals surface area contributed by atoms with Gasteiger partial charge in [0.2, 0.25) is 11.8 Å². The smallest absolute Gasteiger partial charge is 0.236 e. The van der Waals surface area contributed by atoms with E-state index in [2.05, 4.69) is 25.8 Å². The van der Waals surface area contributed by atoms with Crippen LogP contribution >= 0.6 is 11.3 Å². The number of carbonyl (C=O) groups is 1. The van der Waals surface area contributed by atoms with E-state index < -0.39 is 0 Å². The molecule has 4 aromatic rings. The molecule has 0 fully saturated rings. The molecule has 9 heteroatoms. The van der Waals surface area contributed by atoms with E-state index >= 15 is 0 Å². The van der Waals surface area contributed by atoms with Crippen LogP contribution in [0.25, 0.3) is 16.5 Å². The molecule has 0 atom stereocenters. The summed E-state index contributed by atoms with van der Waals surface area (Å²) in [6, 6.07) is 9.43. The van der Waals surface area contributed by atoms with E-state index in [1.807, 2.05) is 49.6 Å². The van der Waals surface area contributed by atoms with Gasteiger partial charge in [-0.05, 0) is 59.5 Å². The minimum absolute atomic E-state index is 0.147. The van der Waals surface area contributed by atoms with E-state index in [0.29, 0.717) is 23.0 Å². The fourth-order valence-electron chi connectivity index (χ4n) is 2.72. The van der Waals surface area contributed by atoms with Crippen LogP contribution in [-0.2, 0) is 11.2 Å². The lowest BCUT2D eigenvalue weighted by molar-refractivity contribution is -0.115. The zero-order valence-electron chi connectivity index (χ0n) is 14.7. The quantitative estimate of drug-likeness (QED) is 0.571. The first kappa shape index (κ1) is 17.1. The van der Waals surface area contributed by atoms with Crippen molar-refractivity contribution in [3.8, 4) is 16.5 Å². The Morgan fingerprint density at radius 2 is 2.19 bits per heavy atom. The average Bonchev–Trinajstić information content (AvgIpc) is 3.37. The van der Waals surface area contributed by atoms with Crippen molar-refractivity contribution < 1.29 is 9.21 Å². The lowest BCUT2D eigenvalue weighted by Gasteiger charge is -2.09. The molecular weight excluding hydrogens is 364 g/mol. The third-order valence-corrected chi connectivity index (χ3v) is 4.89. The van der Waals surface area contributed by atoms with Crippen LogP contribution in [0.15, 0.2) is 46.5 Å². The molecule has 0 aliphatic heterocycles. The number of carbonyl (C=O) groups excluding carboxylic acids is 1. The van der Waals surface area contributed by atoms with Gasteiger partial charge in [-0.2, -0.15) is 0 Å². The van der Waals surface area contributed by atoms with Crippen molar-refractivity contribution in [1.29, 1.82) is 0 Å². The molecule has 0 saturated carbocycles. The van der Waals surface area contributed by atoms with Crippen LogP contribution in [0.3, 0.4) is 0 Å². The van der Waals surface area contributed by atoms with Crippen LogP contribution in [0, 0.1) is 13.8 Å². The summed E-state index contributed by atoms with van der Waals surface area (Å²) >= 11 is 1.55. The van der Waals surface area contributed by atoms with Gasteiger partial charge in [0.25, 0.3) is 0 Å². The minimum Gasteiger partial charge on any atom is -0.440 e. The van der Waals surface area contributed by atoms with Crippen LogP contribution in [0.4, 0.5) is 5.69 Å². The van der Waals surface area contributed by atoms with Crippen molar-refractivity contribution in [3.05, 3.63) is 59.1 Å². The van der Waals surface area contributed by atoms with E-state index in [-0.39, 0.29) is 12.3 Å². The van der Waals surface area contributed by atoms with Crippen molar-refractivity contribution in [2.75, 3.05) is 5.32 Å². The van der Waals surface area contributed by atoms with E-state index in [4.69, 9.17) is 4.42 Å². The van der Waals surface area contributed by atoms with Gasteiger partial charge in [0, 0.05) is 5.69 Å². The van der Waals surface area contributed by atoms with Crippen LogP contribution < -0.4 is 5.32 Å². The van der Waals surface area contributed by atoms with Gasteiger partial charge in [0.1, 0.15) is 12.1 Å². The van der Waals surface area contributed by atoms with Crippen molar-refractivity contribution in [3.63, 3.8) is 0 Å². The Hall–Kier alpha value is -3.33. The summed E-state index contributed by atoms with van der Waals surface area (Å²) in [5, 5.41) is 16.0. The number of aryl methyl sites for hydroxylation is 2. The maximum Gasteiger partial charge on any atom is 0.236 e. The molecule has 8 nitrogen and oxygen atoms in total. The van der Waals surface area contributed by atoms with Crippen LogP contribution in [0.1, 0.15) is 17.0 Å². The Bertz CT molecular complexity index is 1070. The number of hydrogen-bond donors (Lipinski definition) is 1. The lowest BCUT2D eigenvalue weighted by atomic mass is 10.1. The third kappa shape index (κ3) is 3.63.